The summed E-state index contributed by atoms with van der Waals surface area (Å²) in [5.41, 5.74) is 1.04. The van der Waals surface area contributed by atoms with Gasteiger partial charge in [0.2, 0.25) is 11.8 Å². The Morgan fingerprint density at radius 3 is 2.46 bits per heavy atom. The van der Waals surface area contributed by atoms with Gasteiger partial charge in [-0.2, -0.15) is 0 Å². The van der Waals surface area contributed by atoms with Crippen molar-refractivity contribution in [1.29, 1.82) is 0 Å². The summed E-state index contributed by atoms with van der Waals surface area (Å²) in [6.07, 6.45) is -0.437. The predicted octanol–water partition coefficient (Wildman–Crippen LogP) is 0.444. The Hall–Kier alpha value is -2.06. The van der Waals surface area contributed by atoms with E-state index in [1.165, 1.54) is 0 Å². The van der Waals surface area contributed by atoms with Crippen LogP contribution in [0.5, 0.6) is 0 Å². The molecule has 2 amide bonds. The Labute approximate surface area is 151 Å². The molecule has 0 radical (unpaired) electrons. The zero-order valence-electron chi connectivity index (χ0n) is 14.6. The highest BCUT2D eigenvalue weighted by molar-refractivity contribution is 5.82. The van der Waals surface area contributed by atoms with Crippen LogP contribution in [0.1, 0.15) is 12.0 Å². The van der Waals surface area contributed by atoms with Gasteiger partial charge in [-0.1, -0.05) is 30.3 Å². The number of alkyl halides is 2. The molecule has 2 aliphatic heterocycles. The van der Waals surface area contributed by atoms with Gasteiger partial charge in [0, 0.05) is 39.1 Å². The lowest BCUT2D eigenvalue weighted by Gasteiger charge is -2.35. The summed E-state index contributed by atoms with van der Waals surface area (Å²) in [7, 11) is 0. The normalized spacial score (nSPS) is 23.0. The van der Waals surface area contributed by atoms with Crippen molar-refractivity contribution < 1.29 is 18.4 Å². The monoisotopic (exact) mass is 366 g/mol. The van der Waals surface area contributed by atoms with Crippen molar-refractivity contribution in [3.05, 3.63) is 35.9 Å². The zero-order valence-corrected chi connectivity index (χ0v) is 14.6. The van der Waals surface area contributed by atoms with Crippen LogP contribution in [0.2, 0.25) is 0 Å². The fourth-order valence-electron chi connectivity index (χ4n) is 3.29. The number of carbonyl (C=O) groups is 2. The van der Waals surface area contributed by atoms with Gasteiger partial charge in [0.1, 0.15) is 0 Å². The van der Waals surface area contributed by atoms with E-state index in [1.54, 1.807) is 4.90 Å². The summed E-state index contributed by atoms with van der Waals surface area (Å²) in [5.74, 6) is -3.14. The van der Waals surface area contributed by atoms with Gasteiger partial charge >= 0.3 is 0 Å². The number of halogens is 2. The third-order valence-corrected chi connectivity index (χ3v) is 4.79. The van der Waals surface area contributed by atoms with Crippen molar-refractivity contribution in [1.82, 2.24) is 20.4 Å². The first-order valence-electron chi connectivity index (χ1n) is 8.86. The maximum absolute atomic E-state index is 13.2. The summed E-state index contributed by atoms with van der Waals surface area (Å²) in [5, 5.41) is 5.48. The standard InChI is InChI=1S/C18H24F2N4O2/c19-18(20)10-15(22-13-18)17(26)24-8-6-23(7-9-24)12-16(25)21-11-14-4-2-1-3-5-14/h1-5,15,22H,6-13H2,(H,21,25). The molecule has 0 aromatic heterocycles. The molecule has 142 valence electrons. The largest absolute Gasteiger partial charge is 0.351 e. The smallest absolute Gasteiger partial charge is 0.262 e. The van der Waals surface area contributed by atoms with E-state index in [0.29, 0.717) is 32.7 Å². The number of nitrogens with one attached hydrogen (secondary N) is 2. The molecule has 6 nitrogen and oxygen atoms in total. The van der Waals surface area contributed by atoms with E-state index in [4.69, 9.17) is 0 Å². The molecule has 26 heavy (non-hydrogen) atoms. The maximum atomic E-state index is 13.2. The van der Waals surface area contributed by atoms with Crippen LogP contribution >= 0.6 is 0 Å². The van der Waals surface area contributed by atoms with Gasteiger partial charge in [0.05, 0.1) is 19.1 Å². The number of carbonyl (C=O) groups excluding carboxylic acids is 2. The second-order valence-electron chi connectivity index (χ2n) is 6.86. The van der Waals surface area contributed by atoms with Crippen molar-refractivity contribution in [2.45, 2.75) is 24.9 Å². The molecule has 1 atom stereocenters. The van der Waals surface area contributed by atoms with E-state index < -0.39 is 24.9 Å². The van der Waals surface area contributed by atoms with Crippen LogP contribution in [-0.4, -0.2) is 72.8 Å². The Kier molecular flexibility index (Phi) is 5.83. The number of rotatable bonds is 5. The quantitative estimate of drug-likeness (QED) is 0.794. The van der Waals surface area contributed by atoms with Crippen molar-refractivity contribution in [2.24, 2.45) is 0 Å². The Morgan fingerprint density at radius 1 is 1.15 bits per heavy atom. The molecule has 2 fully saturated rings. The minimum atomic E-state index is -2.81. The van der Waals surface area contributed by atoms with Crippen LogP contribution in [0.4, 0.5) is 8.78 Å². The summed E-state index contributed by atoms with van der Waals surface area (Å²) in [6.45, 7) is 2.35. The van der Waals surface area contributed by atoms with Crippen molar-refractivity contribution >= 4 is 11.8 Å². The molecule has 3 rings (SSSR count). The van der Waals surface area contributed by atoms with Crippen LogP contribution < -0.4 is 10.6 Å². The third kappa shape index (κ3) is 4.98. The predicted molar refractivity (Wildman–Crippen MR) is 92.7 cm³/mol. The van der Waals surface area contributed by atoms with Gasteiger partial charge < -0.3 is 10.2 Å². The first-order valence-corrected chi connectivity index (χ1v) is 8.86. The number of hydrogen-bond donors (Lipinski definition) is 2. The highest BCUT2D eigenvalue weighted by Crippen LogP contribution is 2.26. The lowest BCUT2D eigenvalue weighted by atomic mass is 10.1. The molecule has 2 N–H and O–H groups in total. The SMILES string of the molecule is O=C(CN1CCN(C(=O)C2CC(F)(F)CN2)CC1)NCc1ccccc1. The molecule has 1 unspecified atom stereocenters. The topological polar surface area (TPSA) is 64.7 Å². The molecule has 1 aromatic carbocycles. The summed E-state index contributed by atoms with van der Waals surface area (Å²) in [6, 6.07) is 8.87. The Balaban J connectivity index is 1.38. The maximum Gasteiger partial charge on any atom is 0.262 e. The van der Waals surface area contributed by atoms with Gasteiger partial charge in [-0.25, -0.2) is 8.78 Å². The molecule has 2 saturated heterocycles. The number of hydrogen-bond acceptors (Lipinski definition) is 4. The molecule has 0 bridgehead atoms. The van der Waals surface area contributed by atoms with Gasteiger partial charge in [-0.05, 0) is 5.56 Å². The van der Waals surface area contributed by atoms with Crippen LogP contribution in [-0.2, 0) is 16.1 Å². The highest BCUT2D eigenvalue weighted by Gasteiger charge is 2.43. The molecule has 2 heterocycles. The molecule has 1 aromatic rings. The van der Waals surface area contributed by atoms with E-state index in [9.17, 15) is 18.4 Å². The average molecular weight is 366 g/mol. The lowest BCUT2D eigenvalue weighted by molar-refractivity contribution is -0.135. The molecule has 2 aliphatic rings. The van der Waals surface area contributed by atoms with Gasteiger partial charge in [-0.3, -0.25) is 19.8 Å². The Morgan fingerprint density at radius 2 is 1.85 bits per heavy atom. The molecule has 0 saturated carbocycles. The van der Waals surface area contributed by atoms with E-state index in [0.717, 1.165) is 5.56 Å². The summed E-state index contributed by atoms with van der Waals surface area (Å²) >= 11 is 0. The van der Waals surface area contributed by atoms with Crippen molar-refractivity contribution in [3.63, 3.8) is 0 Å². The number of piperazine rings is 1. The van der Waals surface area contributed by atoms with Crippen LogP contribution in [0.25, 0.3) is 0 Å². The first kappa shape index (κ1) is 18.7. The van der Waals surface area contributed by atoms with E-state index in [-0.39, 0.29) is 18.4 Å². The van der Waals surface area contributed by atoms with Gasteiger partial charge in [0.15, 0.2) is 0 Å². The second-order valence-corrected chi connectivity index (χ2v) is 6.86. The summed E-state index contributed by atoms with van der Waals surface area (Å²) in [4.78, 5) is 27.9. The van der Waals surface area contributed by atoms with Crippen molar-refractivity contribution in [2.75, 3.05) is 39.3 Å². The van der Waals surface area contributed by atoms with Crippen LogP contribution in [0.15, 0.2) is 30.3 Å². The number of amides is 2. The minimum absolute atomic E-state index is 0.0641. The third-order valence-electron chi connectivity index (χ3n) is 4.79. The molecule has 0 aliphatic carbocycles. The number of benzene rings is 1. The zero-order chi connectivity index (χ0) is 18.6. The number of nitrogens with zero attached hydrogens (tertiary/aromatic N) is 2. The van der Waals surface area contributed by atoms with Gasteiger partial charge in [-0.15, -0.1) is 0 Å². The fourth-order valence-corrected chi connectivity index (χ4v) is 3.29. The molecule has 8 heteroatoms. The molecular weight excluding hydrogens is 342 g/mol. The van der Waals surface area contributed by atoms with E-state index in [2.05, 4.69) is 10.6 Å². The van der Waals surface area contributed by atoms with E-state index >= 15 is 0 Å². The first-order chi connectivity index (χ1) is 12.4. The second kappa shape index (κ2) is 8.09. The van der Waals surface area contributed by atoms with Crippen LogP contribution in [0.3, 0.4) is 0 Å². The Bertz CT molecular complexity index is 633. The van der Waals surface area contributed by atoms with Gasteiger partial charge in [0.25, 0.3) is 5.92 Å². The fraction of sp³-hybridized carbons (Fsp3) is 0.556. The lowest BCUT2D eigenvalue weighted by Crippen LogP contribution is -2.54. The molecule has 0 spiro atoms. The summed E-state index contributed by atoms with van der Waals surface area (Å²) < 4.78 is 26.5. The van der Waals surface area contributed by atoms with Crippen LogP contribution in [0, 0.1) is 0 Å². The molecular formula is C18H24F2N4O2. The van der Waals surface area contributed by atoms with Crippen molar-refractivity contribution in [3.8, 4) is 0 Å². The highest BCUT2D eigenvalue weighted by atomic mass is 19.3. The van der Waals surface area contributed by atoms with E-state index in [1.807, 2.05) is 35.2 Å². The average Bonchev–Trinajstić information content (AvgIpc) is 3.01. The minimum Gasteiger partial charge on any atom is -0.351 e.